The van der Waals surface area contributed by atoms with E-state index in [1.807, 2.05) is 6.92 Å². The zero-order chi connectivity index (χ0) is 10.0. The highest BCUT2D eigenvalue weighted by molar-refractivity contribution is 5.24. The molecule has 1 aromatic heterocycles. The third-order valence-electron chi connectivity index (χ3n) is 2.26. The largest absolute Gasteiger partial charge is 0.387 e. The van der Waals surface area contributed by atoms with E-state index in [1.165, 1.54) is 0 Å². The maximum atomic E-state index is 9.81. The van der Waals surface area contributed by atoms with Crippen LogP contribution in [0, 0.1) is 13.8 Å². The molecule has 0 fully saturated rings. The molecule has 0 radical (unpaired) electrons. The van der Waals surface area contributed by atoms with Gasteiger partial charge in [-0.2, -0.15) is 0 Å². The monoisotopic (exact) mass is 184 g/mol. The Kier molecular flexibility index (Phi) is 3.06. The maximum Gasteiger partial charge on any atom is 0.139 e. The van der Waals surface area contributed by atoms with Gasteiger partial charge in [0.1, 0.15) is 5.76 Å². The van der Waals surface area contributed by atoms with E-state index in [9.17, 15) is 5.11 Å². The van der Waals surface area contributed by atoms with Crippen molar-refractivity contribution < 1.29 is 9.63 Å². The van der Waals surface area contributed by atoms with Gasteiger partial charge in [-0.25, -0.2) is 0 Å². The lowest BCUT2D eigenvalue weighted by atomic mass is 10.00. The second kappa shape index (κ2) is 3.89. The summed E-state index contributed by atoms with van der Waals surface area (Å²) in [5.41, 5.74) is 7.17. The molecular weight excluding hydrogens is 168 g/mol. The lowest BCUT2D eigenvalue weighted by Crippen LogP contribution is -2.27. The standard InChI is InChI=1S/C9H16N2O2/c1-4-7(10)9(12)8-5(2)11-13-6(8)3/h7,9,12H,4,10H2,1-3H3/t7-,9-/m1/s1. The highest BCUT2D eigenvalue weighted by Crippen LogP contribution is 2.24. The second-order valence-corrected chi connectivity index (χ2v) is 3.25. The molecule has 0 amide bonds. The van der Waals surface area contributed by atoms with Crippen LogP contribution in [0.4, 0.5) is 0 Å². The first-order valence-corrected chi connectivity index (χ1v) is 4.44. The number of aliphatic hydroxyl groups excluding tert-OH is 1. The van der Waals surface area contributed by atoms with Crippen LogP contribution in [0.5, 0.6) is 0 Å². The lowest BCUT2D eigenvalue weighted by Gasteiger charge is -2.16. The molecule has 0 unspecified atom stereocenters. The fraction of sp³-hybridized carbons (Fsp3) is 0.667. The van der Waals surface area contributed by atoms with Crippen LogP contribution in [0.2, 0.25) is 0 Å². The van der Waals surface area contributed by atoms with Crippen molar-refractivity contribution in [3.05, 3.63) is 17.0 Å². The van der Waals surface area contributed by atoms with E-state index in [-0.39, 0.29) is 6.04 Å². The Hall–Kier alpha value is -0.870. The highest BCUT2D eigenvalue weighted by atomic mass is 16.5. The molecule has 1 rings (SSSR count). The van der Waals surface area contributed by atoms with Crippen molar-refractivity contribution in [2.75, 3.05) is 0 Å². The molecule has 0 saturated carbocycles. The molecule has 74 valence electrons. The molecule has 0 aliphatic carbocycles. The van der Waals surface area contributed by atoms with Crippen molar-refractivity contribution >= 4 is 0 Å². The van der Waals surface area contributed by atoms with Gasteiger partial charge < -0.3 is 15.4 Å². The number of aliphatic hydroxyl groups is 1. The van der Waals surface area contributed by atoms with Gasteiger partial charge in [-0.1, -0.05) is 12.1 Å². The van der Waals surface area contributed by atoms with Crippen LogP contribution in [-0.4, -0.2) is 16.3 Å². The van der Waals surface area contributed by atoms with Crippen molar-refractivity contribution in [1.29, 1.82) is 0 Å². The molecule has 2 atom stereocenters. The summed E-state index contributed by atoms with van der Waals surface area (Å²) in [6.45, 7) is 5.52. The number of nitrogens with zero attached hydrogens (tertiary/aromatic N) is 1. The SMILES string of the molecule is CC[C@@H](N)[C@@H](O)c1c(C)noc1C. The highest BCUT2D eigenvalue weighted by Gasteiger charge is 2.22. The van der Waals surface area contributed by atoms with Crippen LogP contribution >= 0.6 is 0 Å². The van der Waals surface area contributed by atoms with Gasteiger partial charge in [0.2, 0.25) is 0 Å². The number of rotatable bonds is 3. The summed E-state index contributed by atoms with van der Waals surface area (Å²) < 4.78 is 4.95. The van der Waals surface area contributed by atoms with Crippen LogP contribution in [-0.2, 0) is 0 Å². The fourth-order valence-electron chi connectivity index (χ4n) is 1.35. The Morgan fingerprint density at radius 1 is 1.54 bits per heavy atom. The van der Waals surface area contributed by atoms with E-state index < -0.39 is 6.10 Å². The number of hydrogen-bond acceptors (Lipinski definition) is 4. The van der Waals surface area contributed by atoms with Crippen LogP contribution in [0.3, 0.4) is 0 Å². The summed E-state index contributed by atoms with van der Waals surface area (Å²) in [4.78, 5) is 0. The minimum Gasteiger partial charge on any atom is -0.387 e. The van der Waals surface area contributed by atoms with E-state index in [4.69, 9.17) is 10.3 Å². The van der Waals surface area contributed by atoms with Crippen LogP contribution < -0.4 is 5.73 Å². The Morgan fingerprint density at radius 3 is 2.54 bits per heavy atom. The van der Waals surface area contributed by atoms with Gasteiger partial charge >= 0.3 is 0 Å². The average molecular weight is 184 g/mol. The fourth-order valence-corrected chi connectivity index (χ4v) is 1.35. The molecule has 0 spiro atoms. The van der Waals surface area contributed by atoms with E-state index in [0.717, 1.165) is 12.0 Å². The van der Waals surface area contributed by atoms with Crippen molar-refractivity contribution in [3.8, 4) is 0 Å². The van der Waals surface area contributed by atoms with Gasteiger partial charge in [0, 0.05) is 11.6 Å². The molecule has 0 aromatic carbocycles. The predicted octanol–water partition coefficient (Wildman–Crippen LogP) is 1.06. The smallest absolute Gasteiger partial charge is 0.139 e. The molecule has 4 heteroatoms. The lowest BCUT2D eigenvalue weighted by molar-refractivity contribution is 0.142. The summed E-state index contributed by atoms with van der Waals surface area (Å²) in [6, 6.07) is -0.253. The maximum absolute atomic E-state index is 9.81. The van der Waals surface area contributed by atoms with Crippen molar-refractivity contribution in [2.24, 2.45) is 5.73 Å². The zero-order valence-corrected chi connectivity index (χ0v) is 8.24. The quantitative estimate of drug-likeness (QED) is 0.736. The van der Waals surface area contributed by atoms with E-state index in [0.29, 0.717) is 11.5 Å². The molecule has 1 heterocycles. The minimum atomic E-state index is -0.670. The molecular formula is C9H16N2O2. The summed E-state index contributed by atoms with van der Waals surface area (Å²) in [7, 11) is 0. The number of aromatic nitrogens is 1. The first kappa shape index (κ1) is 10.2. The van der Waals surface area contributed by atoms with Gasteiger partial charge in [-0.05, 0) is 20.3 Å². The number of aryl methyl sites for hydroxylation is 2. The van der Waals surface area contributed by atoms with Gasteiger partial charge in [-0.3, -0.25) is 0 Å². The third kappa shape index (κ3) is 1.89. The van der Waals surface area contributed by atoms with Crippen LogP contribution in [0.15, 0.2) is 4.52 Å². The molecule has 1 aromatic rings. The van der Waals surface area contributed by atoms with Crippen molar-refractivity contribution in [1.82, 2.24) is 5.16 Å². The summed E-state index contributed by atoms with van der Waals surface area (Å²) in [6.07, 6.45) is 0.0573. The Morgan fingerprint density at radius 2 is 2.15 bits per heavy atom. The third-order valence-corrected chi connectivity index (χ3v) is 2.26. The zero-order valence-electron chi connectivity index (χ0n) is 8.24. The molecule has 0 saturated heterocycles. The molecule has 13 heavy (non-hydrogen) atoms. The normalized spacial score (nSPS) is 15.8. The molecule has 0 aliphatic rings. The van der Waals surface area contributed by atoms with E-state index in [1.54, 1.807) is 13.8 Å². The second-order valence-electron chi connectivity index (χ2n) is 3.25. The van der Waals surface area contributed by atoms with Crippen molar-refractivity contribution in [3.63, 3.8) is 0 Å². The van der Waals surface area contributed by atoms with E-state index in [2.05, 4.69) is 5.16 Å². The summed E-state index contributed by atoms with van der Waals surface area (Å²) in [5, 5.41) is 13.6. The van der Waals surface area contributed by atoms with Gasteiger partial charge in [0.15, 0.2) is 0 Å². The first-order valence-electron chi connectivity index (χ1n) is 4.44. The molecule has 0 aliphatic heterocycles. The average Bonchev–Trinajstić information content (AvgIpc) is 2.44. The van der Waals surface area contributed by atoms with Crippen LogP contribution in [0.1, 0.15) is 36.5 Å². The molecule has 0 bridgehead atoms. The summed E-state index contributed by atoms with van der Waals surface area (Å²) in [5.74, 6) is 0.647. The number of hydrogen-bond donors (Lipinski definition) is 2. The van der Waals surface area contributed by atoms with E-state index >= 15 is 0 Å². The Balaban J connectivity index is 2.93. The van der Waals surface area contributed by atoms with Gasteiger partial charge in [0.25, 0.3) is 0 Å². The minimum absolute atomic E-state index is 0.253. The predicted molar refractivity (Wildman–Crippen MR) is 49.2 cm³/mol. The van der Waals surface area contributed by atoms with Gasteiger partial charge in [0.05, 0.1) is 11.8 Å². The first-order chi connectivity index (χ1) is 6.07. The number of nitrogens with two attached hydrogens (primary N) is 1. The van der Waals surface area contributed by atoms with Gasteiger partial charge in [-0.15, -0.1) is 0 Å². The molecule has 3 N–H and O–H groups in total. The Labute approximate surface area is 77.7 Å². The Bertz CT molecular complexity index is 264. The molecule has 4 nitrogen and oxygen atoms in total. The summed E-state index contributed by atoms with van der Waals surface area (Å²) >= 11 is 0. The van der Waals surface area contributed by atoms with Crippen molar-refractivity contribution in [2.45, 2.75) is 39.3 Å². The topological polar surface area (TPSA) is 72.3 Å². The van der Waals surface area contributed by atoms with Crippen LogP contribution in [0.25, 0.3) is 0 Å².